The van der Waals surface area contributed by atoms with Gasteiger partial charge >= 0.3 is 5.97 Å². The molecule has 1 aromatic rings. The molecule has 0 atom stereocenters. The summed E-state index contributed by atoms with van der Waals surface area (Å²) in [6.45, 7) is 0. The Balaban J connectivity index is 3.23. The smallest absolute Gasteiger partial charge is 0.358 e. The fourth-order valence-electron chi connectivity index (χ4n) is 0.784. The Labute approximate surface area is 73.6 Å². The molecule has 0 fully saturated rings. The summed E-state index contributed by atoms with van der Waals surface area (Å²) in [5.41, 5.74) is -0.307. The fraction of sp³-hybridized carbons (Fsp3) is 0.125. The highest BCUT2D eigenvalue weighted by Crippen LogP contribution is 2.07. The van der Waals surface area contributed by atoms with Crippen LogP contribution in [0.25, 0.3) is 0 Å². The van der Waals surface area contributed by atoms with Gasteiger partial charge in [0.05, 0.1) is 18.9 Å². The van der Waals surface area contributed by atoms with Crippen LogP contribution in [-0.4, -0.2) is 18.1 Å². The topological polar surface area (TPSA) is 63.0 Å². The summed E-state index contributed by atoms with van der Waals surface area (Å²) in [4.78, 5) is 14.4. The first-order valence-electron chi connectivity index (χ1n) is 3.33. The molecule has 0 aliphatic rings. The molecule has 0 N–H and O–H groups in total. The van der Waals surface area contributed by atoms with Crippen LogP contribution < -0.4 is 0 Å². The predicted molar refractivity (Wildman–Crippen MR) is 40.2 cm³/mol. The van der Waals surface area contributed by atoms with E-state index in [4.69, 9.17) is 5.26 Å². The van der Waals surface area contributed by atoms with Crippen molar-refractivity contribution < 1.29 is 13.9 Å². The van der Waals surface area contributed by atoms with E-state index < -0.39 is 11.8 Å². The van der Waals surface area contributed by atoms with E-state index in [-0.39, 0.29) is 11.3 Å². The van der Waals surface area contributed by atoms with Gasteiger partial charge in [0.2, 0.25) is 0 Å². The largest absolute Gasteiger partial charge is 0.464 e. The Morgan fingerprint density at radius 2 is 2.46 bits per heavy atom. The highest BCUT2D eigenvalue weighted by molar-refractivity contribution is 5.89. The minimum atomic E-state index is -0.753. The molecule has 4 nitrogen and oxygen atoms in total. The van der Waals surface area contributed by atoms with Gasteiger partial charge < -0.3 is 4.74 Å². The minimum absolute atomic E-state index is 0.133. The average Bonchev–Trinajstić information content (AvgIpc) is 2.16. The Bertz CT molecular complexity index is 384. The number of carbonyl (C=O) groups excluding carboxylic acids is 1. The van der Waals surface area contributed by atoms with E-state index in [0.717, 1.165) is 19.4 Å². The first-order valence-corrected chi connectivity index (χ1v) is 3.33. The third-order valence-electron chi connectivity index (χ3n) is 1.35. The summed E-state index contributed by atoms with van der Waals surface area (Å²) in [6, 6.07) is 2.58. The number of aromatic nitrogens is 1. The van der Waals surface area contributed by atoms with Crippen molar-refractivity contribution in [3.05, 3.63) is 29.3 Å². The molecule has 13 heavy (non-hydrogen) atoms. The number of hydrogen-bond donors (Lipinski definition) is 0. The average molecular weight is 180 g/mol. The molecule has 5 heteroatoms. The summed E-state index contributed by atoms with van der Waals surface area (Å²) in [6.07, 6.45) is 0.854. The van der Waals surface area contributed by atoms with E-state index in [0.29, 0.717) is 0 Å². The van der Waals surface area contributed by atoms with Crippen LogP contribution in [0.5, 0.6) is 0 Å². The molecular formula is C8H5FN2O2. The van der Waals surface area contributed by atoms with Crippen LogP contribution in [0.2, 0.25) is 0 Å². The van der Waals surface area contributed by atoms with Crippen LogP contribution >= 0.6 is 0 Å². The zero-order chi connectivity index (χ0) is 9.84. The van der Waals surface area contributed by atoms with Gasteiger partial charge in [-0.2, -0.15) is 5.26 Å². The summed E-state index contributed by atoms with van der Waals surface area (Å²) < 4.78 is 16.9. The molecule has 0 amide bonds. The molecule has 0 bridgehead atoms. The molecule has 0 saturated carbocycles. The van der Waals surface area contributed by atoms with Crippen LogP contribution in [0.3, 0.4) is 0 Å². The number of esters is 1. The molecule has 0 saturated heterocycles. The number of hydrogen-bond acceptors (Lipinski definition) is 4. The molecule has 0 unspecified atom stereocenters. The van der Waals surface area contributed by atoms with E-state index in [1.54, 1.807) is 6.07 Å². The third-order valence-corrected chi connectivity index (χ3v) is 1.35. The number of nitrogens with zero attached hydrogens (tertiary/aromatic N) is 2. The van der Waals surface area contributed by atoms with Gasteiger partial charge in [-0.1, -0.05) is 0 Å². The van der Waals surface area contributed by atoms with Crippen molar-refractivity contribution in [2.24, 2.45) is 0 Å². The number of pyridine rings is 1. The van der Waals surface area contributed by atoms with Crippen LogP contribution in [0.4, 0.5) is 4.39 Å². The van der Waals surface area contributed by atoms with E-state index in [1.807, 2.05) is 0 Å². The highest BCUT2D eigenvalue weighted by atomic mass is 19.1. The van der Waals surface area contributed by atoms with Crippen molar-refractivity contribution in [3.8, 4) is 6.07 Å². The normalized spacial score (nSPS) is 9.00. The highest BCUT2D eigenvalue weighted by Gasteiger charge is 2.13. The van der Waals surface area contributed by atoms with E-state index in [2.05, 4.69) is 9.72 Å². The number of rotatable bonds is 1. The SMILES string of the molecule is COC(=O)c1ncc(F)cc1C#N. The number of carbonyl (C=O) groups is 1. The third kappa shape index (κ3) is 1.79. The number of nitriles is 1. The Hall–Kier alpha value is -1.96. The van der Waals surface area contributed by atoms with Crippen LogP contribution in [0.15, 0.2) is 12.3 Å². The first kappa shape index (κ1) is 9.13. The lowest BCUT2D eigenvalue weighted by molar-refractivity contribution is 0.0593. The Kier molecular flexibility index (Phi) is 2.55. The molecule has 0 aliphatic heterocycles. The van der Waals surface area contributed by atoms with Gasteiger partial charge in [0.1, 0.15) is 11.9 Å². The lowest BCUT2D eigenvalue weighted by Crippen LogP contribution is -2.07. The molecule has 0 radical (unpaired) electrons. The van der Waals surface area contributed by atoms with E-state index >= 15 is 0 Å². The summed E-state index contributed by atoms with van der Waals surface area (Å²) >= 11 is 0. The van der Waals surface area contributed by atoms with Gasteiger partial charge in [0.25, 0.3) is 0 Å². The zero-order valence-electron chi connectivity index (χ0n) is 6.74. The van der Waals surface area contributed by atoms with Crippen molar-refractivity contribution in [1.29, 1.82) is 5.26 Å². The zero-order valence-corrected chi connectivity index (χ0v) is 6.74. The maximum atomic E-state index is 12.5. The van der Waals surface area contributed by atoms with Gasteiger partial charge in [-0.25, -0.2) is 14.2 Å². The summed E-state index contributed by atoms with van der Waals surface area (Å²) in [7, 11) is 1.16. The Morgan fingerprint density at radius 3 is 3.00 bits per heavy atom. The quantitative estimate of drug-likeness (QED) is 0.602. The second-order valence-electron chi connectivity index (χ2n) is 2.15. The maximum Gasteiger partial charge on any atom is 0.358 e. The number of methoxy groups -OCH3 is 1. The Morgan fingerprint density at radius 1 is 1.77 bits per heavy atom. The number of ether oxygens (including phenoxy) is 1. The summed E-state index contributed by atoms with van der Waals surface area (Å²) in [5, 5.41) is 8.52. The van der Waals surface area contributed by atoms with Gasteiger partial charge in [0.15, 0.2) is 5.69 Å². The molecular weight excluding hydrogens is 175 g/mol. The van der Waals surface area contributed by atoms with E-state index in [9.17, 15) is 9.18 Å². The fourth-order valence-corrected chi connectivity index (χ4v) is 0.784. The van der Waals surface area contributed by atoms with Crippen LogP contribution in [-0.2, 0) is 4.74 Å². The minimum Gasteiger partial charge on any atom is -0.464 e. The van der Waals surface area contributed by atoms with Gasteiger partial charge in [-0.05, 0) is 6.07 Å². The monoisotopic (exact) mass is 180 g/mol. The lowest BCUT2D eigenvalue weighted by Gasteiger charge is -1.99. The van der Waals surface area contributed by atoms with Crippen molar-refractivity contribution in [3.63, 3.8) is 0 Å². The summed E-state index contributed by atoms with van der Waals surface area (Å²) in [5.74, 6) is -1.42. The number of halogens is 1. The van der Waals surface area contributed by atoms with Crippen molar-refractivity contribution in [2.45, 2.75) is 0 Å². The first-order chi connectivity index (χ1) is 6.19. The molecule has 0 aromatic carbocycles. The molecule has 66 valence electrons. The van der Waals surface area contributed by atoms with Crippen molar-refractivity contribution in [2.75, 3.05) is 7.11 Å². The molecule has 1 heterocycles. The van der Waals surface area contributed by atoms with Crippen molar-refractivity contribution in [1.82, 2.24) is 4.98 Å². The standard InChI is InChI=1S/C8H5FN2O2/c1-13-8(12)7-5(3-10)2-6(9)4-11-7/h2,4H,1H3. The molecule has 1 rings (SSSR count). The van der Waals surface area contributed by atoms with E-state index in [1.165, 1.54) is 0 Å². The molecule has 1 aromatic heterocycles. The van der Waals surface area contributed by atoms with Gasteiger partial charge in [-0.15, -0.1) is 0 Å². The second kappa shape index (κ2) is 3.63. The maximum absolute atomic E-state index is 12.5. The lowest BCUT2D eigenvalue weighted by atomic mass is 10.2. The van der Waals surface area contributed by atoms with Crippen molar-refractivity contribution >= 4 is 5.97 Å². The predicted octanol–water partition coefficient (Wildman–Crippen LogP) is 0.879. The van der Waals surface area contributed by atoms with Crippen LogP contribution in [0, 0.1) is 17.1 Å². The van der Waals surface area contributed by atoms with Gasteiger partial charge in [-0.3, -0.25) is 0 Å². The molecule has 0 aliphatic carbocycles. The second-order valence-corrected chi connectivity index (χ2v) is 2.15. The molecule has 0 spiro atoms. The van der Waals surface area contributed by atoms with Gasteiger partial charge in [0, 0.05) is 0 Å². The van der Waals surface area contributed by atoms with Crippen LogP contribution in [0.1, 0.15) is 16.1 Å².